The molecule has 31 heavy (non-hydrogen) atoms. The van der Waals surface area contributed by atoms with E-state index in [9.17, 15) is 14.5 Å². The first-order valence-electron chi connectivity index (χ1n) is 10.6. The molecule has 0 bridgehead atoms. The lowest BCUT2D eigenvalue weighted by molar-refractivity contribution is -0.384. The molecule has 0 amide bonds. The molecule has 5 nitrogen and oxygen atoms in total. The molecule has 1 unspecified atom stereocenters. The zero-order valence-corrected chi connectivity index (χ0v) is 17.3. The van der Waals surface area contributed by atoms with Crippen molar-refractivity contribution >= 4 is 5.69 Å². The maximum Gasteiger partial charge on any atom is 0.269 e. The van der Waals surface area contributed by atoms with Crippen molar-refractivity contribution in [2.24, 2.45) is 0 Å². The van der Waals surface area contributed by atoms with Gasteiger partial charge in [-0.05, 0) is 47.2 Å². The van der Waals surface area contributed by atoms with Crippen LogP contribution in [0, 0.1) is 15.9 Å². The van der Waals surface area contributed by atoms with E-state index in [0.29, 0.717) is 12.6 Å². The number of benzene rings is 3. The average molecular weight is 420 g/mol. The van der Waals surface area contributed by atoms with Crippen LogP contribution in [0.5, 0.6) is 0 Å². The molecule has 0 aliphatic carbocycles. The van der Waals surface area contributed by atoms with Crippen molar-refractivity contribution in [2.75, 3.05) is 13.1 Å². The maximum absolute atomic E-state index is 13.3. The summed E-state index contributed by atoms with van der Waals surface area (Å²) in [5.74, 6) is -0.208. The van der Waals surface area contributed by atoms with Crippen LogP contribution in [0.2, 0.25) is 0 Å². The van der Waals surface area contributed by atoms with Crippen LogP contribution in [0.4, 0.5) is 10.1 Å². The minimum Gasteiger partial charge on any atom is -0.311 e. The second-order valence-electron chi connectivity index (χ2n) is 8.03. The molecule has 0 spiro atoms. The zero-order chi connectivity index (χ0) is 21.6. The van der Waals surface area contributed by atoms with Crippen LogP contribution in [-0.4, -0.2) is 29.0 Å². The van der Waals surface area contributed by atoms with Crippen molar-refractivity contribution in [3.63, 3.8) is 0 Å². The van der Waals surface area contributed by atoms with Crippen LogP contribution in [-0.2, 0) is 25.9 Å². The molecule has 3 aromatic rings. The summed E-state index contributed by atoms with van der Waals surface area (Å²) < 4.78 is 13.3. The van der Waals surface area contributed by atoms with Crippen molar-refractivity contribution in [2.45, 2.75) is 32.0 Å². The highest BCUT2D eigenvalue weighted by molar-refractivity contribution is 5.34. The summed E-state index contributed by atoms with van der Waals surface area (Å²) in [6.45, 7) is 3.13. The molecule has 3 aromatic carbocycles. The lowest BCUT2D eigenvalue weighted by atomic mass is 9.90. The van der Waals surface area contributed by atoms with Gasteiger partial charge in [-0.25, -0.2) is 4.39 Å². The fourth-order valence-corrected chi connectivity index (χ4v) is 4.23. The topological polar surface area (TPSA) is 58.4 Å². The number of nitrogens with zero attached hydrogens (tertiary/aromatic N) is 2. The molecule has 0 radical (unpaired) electrons. The van der Waals surface area contributed by atoms with Gasteiger partial charge in [0.25, 0.3) is 5.69 Å². The Bertz CT molecular complexity index is 1040. The number of rotatable bonds is 8. The number of nitro benzene ring substituents is 1. The second kappa shape index (κ2) is 9.81. The third-order valence-corrected chi connectivity index (χ3v) is 5.87. The first-order chi connectivity index (χ1) is 15.1. The van der Waals surface area contributed by atoms with Crippen LogP contribution >= 0.6 is 0 Å². The Morgan fingerprint density at radius 1 is 1.00 bits per heavy atom. The van der Waals surface area contributed by atoms with Gasteiger partial charge in [-0.15, -0.1) is 0 Å². The van der Waals surface area contributed by atoms with E-state index in [0.717, 1.165) is 43.6 Å². The average Bonchev–Trinajstić information content (AvgIpc) is 2.78. The SMILES string of the molecule is O=[N+]([O-])c1cccc(CNCCN2Cc3ccccc3CC2Cc2ccc(F)cc2)c1. The summed E-state index contributed by atoms with van der Waals surface area (Å²) in [6.07, 6.45) is 1.85. The first-order valence-corrected chi connectivity index (χ1v) is 10.6. The molecule has 4 rings (SSSR count). The standard InChI is InChI=1S/C25H26FN3O2/c26-23-10-8-19(9-11-23)14-25-16-21-5-1-2-6-22(21)18-28(25)13-12-27-17-20-4-3-7-24(15-20)29(30)31/h1-11,15,25,27H,12-14,16-18H2. The van der Waals surface area contributed by atoms with E-state index in [1.54, 1.807) is 12.1 Å². The number of nitrogens with one attached hydrogen (secondary N) is 1. The number of halogens is 1. The Morgan fingerprint density at radius 2 is 1.77 bits per heavy atom. The van der Waals surface area contributed by atoms with Crippen LogP contribution < -0.4 is 5.32 Å². The van der Waals surface area contributed by atoms with Crippen molar-refractivity contribution in [1.29, 1.82) is 0 Å². The molecule has 0 fully saturated rings. The highest BCUT2D eigenvalue weighted by Crippen LogP contribution is 2.25. The van der Waals surface area contributed by atoms with Gasteiger partial charge in [0, 0.05) is 44.4 Å². The molecule has 0 saturated heterocycles. The Morgan fingerprint density at radius 3 is 2.55 bits per heavy atom. The minimum atomic E-state index is -0.366. The molecule has 1 N–H and O–H groups in total. The quantitative estimate of drug-likeness (QED) is 0.332. The third-order valence-electron chi connectivity index (χ3n) is 5.87. The summed E-state index contributed by atoms with van der Waals surface area (Å²) in [5.41, 5.74) is 4.90. The fraction of sp³-hybridized carbons (Fsp3) is 0.280. The van der Waals surface area contributed by atoms with E-state index in [2.05, 4.69) is 34.5 Å². The number of hydrogen-bond acceptors (Lipinski definition) is 4. The van der Waals surface area contributed by atoms with E-state index in [4.69, 9.17) is 0 Å². The van der Waals surface area contributed by atoms with Gasteiger partial charge in [0.2, 0.25) is 0 Å². The zero-order valence-electron chi connectivity index (χ0n) is 17.3. The van der Waals surface area contributed by atoms with Crippen molar-refractivity contribution in [1.82, 2.24) is 10.2 Å². The van der Waals surface area contributed by atoms with Gasteiger partial charge in [-0.3, -0.25) is 15.0 Å². The molecule has 0 aromatic heterocycles. The number of non-ortho nitro benzene ring substituents is 1. The minimum absolute atomic E-state index is 0.117. The van der Waals surface area contributed by atoms with Crippen LogP contribution in [0.15, 0.2) is 72.8 Å². The molecule has 160 valence electrons. The van der Waals surface area contributed by atoms with E-state index in [-0.39, 0.29) is 16.4 Å². The summed E-state index contributed by atoms with van der Waals surface area (Å²) in [6, 6.07) is 22.4. The fourth-order valence-electron chi connectivity index (χ4n) is 4.23. The van der Waals surface area contributed by atoms with Crippen LogP contribution in [0.1, 0.15) is 22.3 Å². The van der Waals surface area contributed by atoms with E-state index >= 15 is 0 Å². The van der Waals surface area contributed by atoms with Gasteiger partial charge >= 0.3 is 0 Å². The van der Waals surface area contributed by atoms with Crippen molar-refractivity contribution < 1.29 is 9.31 Å². The molecule has 6 heteroatoms. The molecular weight excluding hydrogens is 393 g/mol. The largest absolute Gasteiger partial charge is 0.311 e. The molecule has 1 aliphatic rings. The predicted molar refractivity (Wildman–Crippen MR) is 119 cm³/mol. The smallest absolute Gasteiger partial charge is 0.269 e. The monoisotopic (exact) mass is 419 g/mol. The van der Waals surface area contributed by atoms with E-state index in [1.807, 2.05) is 18.2 Å². The van der Waals surface area contributed by atoms with Gasteiger partial charge in [-0.1, -0.05) is 48.5 Å². The van der Waals surface area contributed by atoms with Crippen LogP contribution in [0.3, 0.4) is 0 Å². The van der Waals surface area contributed by atoms with Gasteiger partial charge in [0.15, 0.2) is 0 Å². The summed E-state index contributed by atoms with van der Waals surface area (Å²) in [4.78, 5) is 13.1. The summed E-state index contributed by atoms with van der Waals surface area (Å²) >= 11 is 0. The third kappa shape index (κ3) is 5.54. The second-order valence-corrected chi connectivity index (χ2v) is 8.03. The normalized spacial score (nSPS) is 16.1. The number of hydrogen-bond donors (Lipinski definition) is 1. The maximum atomic E-state index is 13.3. The Labute approximate surface area is 181 Å². The summed E-state index contributed by atoms with van der Waals surface area (Å²) in [5, 5.41) is 14.4. The van der Waals surface area contributed by atoms with Crippen LogP contribution in [0.25, 0.3) is 0 Å². The van der Waals surface area contributed by atoms with E-state index < -0.39 is 0 Å². The summed E-state index contributed by atoms with van der Waals surface area (Å²) in [7, 11) is 0. The molecule has 0 saturated carbocycles. The first kappa shape index (κ1) is 21.2. The predicted octanol–water partition coefficient (Wildman–Crippen LogP) is 4.49. The number of nitro groups is 1. The Kier molecular flexibility index (Phi) is 6.70. The van der Waals surface area contributed by atoms with Crippen molar-refractivity contribution in [3.05, 3.63) is 111 Å². The van der Waals surface area contributed by atoms with Gasteiger partial charge in [0.1, 0.15) is 5.82 Å². The van der Waals surface area contributed by atoms with Crippen molar-refractivity contribution in [3.8, 4) is 0 Å². The lowest BCUT2D eigenvalue weighted by Gasteiger charge is -2.37. The highest BCUT2D eigenvalue weighted by atomic mass is 19.1. The Balaban J connectivity index is 1.38. The van der Waals surface area contributed by atoms with Gasteiger partial charge in [-0.2, -0.15) is 0 Å². The Hall–Kier alpha value is -3.09. The molecule has 1 aliphatic heterocycles. The van der Waals surface area contributed by atoms with Gasteiger partial charge < -0.3 is 5.32 Å². The molecule has 1 atom stereocenters. The molecular formula is C25H26FN3O2. The van der Waals surface area contributed by atoms with Gasteiger partial charge in [0.05, 0.1) is 4.92 Å². The molecule has 1 heterocycles. The lowest BCUT2D eigenvalue weighted by Crippen LogP contribution is -2.44. The highest BCUT2D eigenvalue weighted by Gasteiger charge is 2.25. The van der Waals surface area contributed by atoms with E-state index in [1.165, 1.54) is 29.3 Å². The number of fused-ring (bicyclic) bond motifs is 1.